The van der Waals surface area contributed by atoms with Gasteiger partial charge in [-0.05, 0) is 51.2 Å². The van der Waals surface area contributed by atoms with E-state index >= 15 is 0 Å². The number of aryl methyl sites for hydroxylation is 3. The van der Waals surface area contributed by atoms with Crippen molar-refractivity contribution in [1.29, 1.82) is 0 Å². The van der Waals surface area contributed by atoms with Crippen molar-refractivity contribution in [3.05, 3.63) is 34.4 Å². The molecule has 0 spiro atoms. The van der Waals surface area contributed by atoms with Crippen LogP contribution < -0.4 is 0 Å². The molecule has 1 aliphatic carbocycles. The molecule has 30 heavy (non-hydrogen) atoms. The number of rotatable bonds is 14. The number of benzene rings is 1. The minimum atomic E-state index is -1.50. The quantitative estimate of drug-likeness (QED) is 0.167. The summed E-state index contributed by atoms with van der Waals surface area (Å²) >= 11 is 0. The largest absolute Gasteiger partial charge is 0.293 e. The summed E-state index contributed by atoms with van der Waals surface area (Å²) in [6.45, 7) is 8.40. The van der Waals surface area contributed by atoms with Crippen LogP contribution in [0.25, 0.3) is 0 Å². The topological polar surface area (TPSA) is 34.1 Å². The molecule has 1 unspecified atom stereocenters. The molecule has 0 aromatic heterocycles. The first-order valence-corrected chi connectivity index (χ1v) is 13.9. The van der Waals surface area contributed by atoms with Crippen molar-refractivity contribution in [1.82, 2.24) is 0 Å². The van der Waals surface area contributed by atoms with E-state index in [9.17, 15) is 9.36 Å². The lowest BCUT2D eigenvalue weighted by Crippen LogP contribution is -2.33. The molecule has 1 aromatic carbocycles. The summed E-state index contributed by atoms with van der Waals surface area (Å²) in [6, 6.07) is 4.19. The lowest BCUT2D eigenvalue weighted by molar-refractivity contribution is 0.0939. The van der Waals surface area contributed by atoms with Crippen LogP contribution in [0.5, 0.6) is 0 Å². The minimum Gasteiger partial charge on any atom is -0.293 e. The zero-order valence-corrected chi connectivity index (χ0v) is 20.9. The molecule has 0 amide bonds. The normalized spacial score (nSPS) is 16.1. The molecule has 1 radical (unpaired) electrons. The van der Waals surface area contributed by atoms with Gasteiger partial charge in [-0.3, -0.25) is 9.36 Å². The van der Waals surface area contributed by atoms with Gasteiger partial charge >= 0.3 is 0 Å². The summed E-state index contributed by atoms with van der Waals surface area (Å²) in [5.41, 5.74) is 4.13. The summed E-state index contributed by atoms with van der Waals surface area (Å²) in [7, 11) is -1.50. The van der Waals surface area contributed by atoms with E-state index in [1.165, 1.54) is 56.9 Å². The van der Waals surface area contributed by atoms with Crippen LogP contribution in [0.15, 0.2) is 12.1 Å². The Labute approximate surface area is 186 Å². The number of hydrogen-bond acceptors (Lipinski definition) is 2. The summed E-state index contributed by atoms with van der Waals surface area (Å²) < 4.78 is 13.4. The molecule has 0 saturated heterocycles. The van der Waals surface area contributed by atoms with Gasteiger partial charge in [0.05, 0.1) is 7.80 Å². The molecular formula is C27H44O2P. The maximum absolute atomic E-state index is 13.7. The van der Waals surface area contributed by atoms with Crippen molar-refractivity contribution >= 4 is 13.6 Å². The Balaban J connectivity index is 1.86. The molecule has 2 rings (SSSR count). The predicted molar refractivity (Wildman–Crippen MR) is 131 cm³/mol. The lowest BCUT2D eigenvalue weighted by atomic mass is 9.88. The first-order chi connectivity index (χ1) is 14.4. The van der Waals surface area contributed by atoms with E-state index in [2.05, 4.69) is 26.0 Å². The first kappa shape index (κ1) is 25.3. The zero-order valence-electron chi connectivity index (χ0n) is 20.0. The molecule has 1 aromatic rings. The molecule has 0 N–H and O–H groups in total. The average molecular weight is 432 g/mol. The summed E-state index contributed by atoms with van der Waals surface area (Å²) in [6.07, 6.45) is 17.3. The van der Waals surface area contributed by atoms with Crippen molar-refractivity contribution in [2.75, 3.05) is 6.16 Å². The van der Waals surface area contributed by atoms with E-state index in [1.807, 2.05) is 13.8 Å². The van der Waals surface area contributed by atoms with Crippen LogP contribution in [0.2, 0.25) is 0 Å². The molecule has 1 aliphatic rings. The van der Waals surface area contributed by atoms with Gasteiger partial charge in [-0.2, -0.15) is 0 Å². The third-order valence-electron chi connectivity index (χ3n) is 6.95. The Morgan fingerprint density at radius 2 is 1.30 bits per heavy atom. The fraction of sp³-hybridized carbons (Fsp3) is 0.741. The predicted octanol–water partition coefficient (Wildman–Crippen LogP) is 8.86. The first-order valence-electron chi connectivity index (χ1n) is 12.5. The van der Waals surface area contributed by atoms with Gasteiger partial charge in [-0.15, -0.1) is 0 Å². The van der Waals surface area contributed by atoms with Gasteiger partial charge in [0.1, 0.15) is 5.16 Å². The third-order valence-corrected chi connectivity index (χ3v) is 9.28. The van der Waals surface area contributed by atoms with Crippen LogP contribution in [-0.2, 0) is 4.57 Å². The van der Waals surface area contributed by atoms with Crippen LogP contribution in [0.3, 0.4) is 0 Å². The second kappa shape index (κ2) is 12.7. The van der Waals surface area contributed by atoms with Gasteiger partial charge in [0.2, 0.25) is 0 Å². The molecule has 0 bridgehead atoms. The summed E-state index contributed by atoms with van der Waals surface area (Å²) in [5.74, 6) is 0.170. The molecule has 1 atom stereocenters. The van der Waals surface area contributed by atoms with E-state index in [1.54, 1.807) is 0 Å². The van der Waals surface area contributed by atoms with E-state index in [4.69, 9.17) is 0 Å². The summed E-state index contributed by atoms with van der Waals surface area (Å²) in [4.78, 5) is 13.7. The van der Waals surface area contributed by atoms with Crippen LogP contribution in [0, 0.1) is 20.8 Å². The van der Waals surface area contributed by atoms with E-state index < -0.39 is 13.0 Å². The molecule has 3 heteroatoms. The van der Waals surface area contributed by atoms with E-state index in [-0.39, 0.29) is 5.78 Å². The number of Topliss-reactive ketones (excluding diaryl/α,β-unsaturated/α-hetero) is 1. The molecule has 169 valence electrons. The van der Waals surface area contributed by atoms with Gasteiger partial charge in [-0.25, -0.2) is 0 Å². The van der Waals surface area contributed by atoms with Gasteiger partial charge in [-0.1, -0.05) is 95.2 Å². The van der Waals surface area contributed by atoms with Crippen molar-refractivity contribution in [2.24, 2.45) is 0 Å². The Hall–Kier alpha value is -1.01. The Bertz CT molecular complexity index is 678. The molecule has 1 fully saturated rings. The van der Waals surface area contributed by atoms with Crippen molar-refractivity contribution < 1.29 is 9.36 Å². The number of hydrogen-bond donors (Lipinski definition) is 0. The SMILES string of the molecule is CCCCCCCCCCCC[P](=O)C1(C(=O)c2c(C)cc(C)cc2C)CCCC1. The molecule has 0 heterocycles. The monoisotopic (exact) mass is 431 g/mol. The Morgan fingerprint density at radius 3 is 1.80 bits per heavy atom. The van der Waals surface area contributed by atoms with Crippen LogP contribution in [-0.4, -0.2) is 17.1 Å². The highest BCUT2D eigenvalue weighted by Gasteiger charge is 2.47. The lowest BCUT2D eigenvalue weighted by Gasteiger charge is -2.28. The fourth-order valence-electron chi connectivity index (χ4n) is 5.28. The number of unbranched alkanes of at least 4 members (excludes halogenated alkanes) is 9. The number of ketones is 1. The molecular weight excluding hydrogens is 387 g/mol. The Morgan fingerprint density at radius 1 is 0.833 bits per heavy atom. The fourth-order valence-corrected chi connectivity index (χ4v) is 7.37. The van der Waals surface area contributed by atoms with Crippen molar-refractivity contribution in [3.63, 3.8) is 0 Å². The van der Waals surface area contributed by atoms with Crippen LogP contribution in [0.4, 0.5) is 0 Å². The van der Waals surface area contributed by atoms with Gasteiger partial charge in [0.15, 0.2) is 5.78 Å². The standard InChI is InChI=1S/C27H44O2P/c1-5-6-7-8-9-10-11-12-13-16-19-30(29)27(17-14-15-18-27)26(28)25-23(3)20-22(2)21-24(25)4/h20-21H,5-19H2,1-4H3. The number of carbonyl (C=O) groups excluding carboxylic acids is 1. The van der Waals surface area contributed by atoms with Crippen molar-refractivity contribution in [3.8, 4) is 0 Å². The minimum absolute atomic E-state index is 0.170. The van der Waals surface area contributed by atoms with Gasteiger partial charge in [0, 0.05) is 11.7 Å². The third kappa shape index (κ3) is 6.74. The molecule has 2 nitrogen and oxygen atoms in total. The highest BCUT2D eigenvalue weighted by molar-refractivity contribution is 7.48. The van der Waals surface area contributed by atoms with Crippen LogP contribution in [0.1, 0.15) is 124 Å². The zero-order chi connectivity index (χ0) is 22.0. The van der Waals surface area contributed by atoms with Crippen molar-refractivity contribution in [2.45, 2.75) is 123 Å². The Kier molecular flexibility index (Phi) is 10.7. The maximum atomic E-state index is 13.7. The van der Waals surface area contributed by atoms with Gasteiger partial charge < -0.3 is 0 Å². The highest BCUT2D eigenvalue weighted by Crippen LogP contribution is 2.53. The molecule has 1 saturated carbocycles. The summed E-state index contributed by atoms with van der Waals surface area (Å²) in [5, 5.41) is -0.598. The average Bonchev–Trinajstić information content (AvgIpc) is 3.19. The molecule has 0 aliphatic heterocycles. The maximum Gasteiger partial charge on any atom is 0.180 e. The van der Waals surface area contributed by atoms with E-state index in [0.29, 0.717) is 0 Å². The second-order valence-electron chi connectivity index (χ2n) is 9.63. The van der Waals surface area contributed by atoms with Crippen LogP contribution >= 0.6 is 7.80 Å². The highest BCUT2D eigenvalue weighted by atomic mass is 31.1. The van der Waals surface area contributed by atoms with E-state index in [0.717, 1.165) is 61.4 Å². The number of carbonyl (C=O) groups is 1. The second-order valence-corrected chi connectivity index (χ2v) is 11.7. The smallest absolute Gasteiger partial charge is 0.180 e. The van der Waals surface area contributed by atoms with Gasteiger partial charge in [0.25, 0.3) is 0 Å².